The number of fused-ring (bicyclic) bond motifs is 1. The fraction of sp³-hybridized carbons (Fsp3) is 0.857. The molecule has 2 atom stereocenters. The van der Waals surface area contributed by atoms with Gasteiger partial charge in [-0.15, -0.1) is 10.2 Å². The van der Waals surface area contributed by atoms with Crippen molar-refractivity contribution in [3.8, 4) is 0 Å². The first-order valence-electron chi connectivity index (χ1n) is 7.63. The zero-order valence-electron chi connectivity index (χ0n) is 11.9. The van der Waals surface area contributed by atoms with E-state index in [1.54, 1.807) is 0 Å². The van der Waals surface area contributed by atoms with Crippen LogP contribution in [0.1, 0.15) is 44.3 Å². The molecule has 3 heterocycles. The monoisotopic (exact) mass is 263 g/mol. The lowest BCUT2D eigenvalue weighted by Gasteiger charge is -2.34. The van der Waals surface area contributed by atoms with Crippen LogP contribution in [0.2, 0.25) is 0 Å². The molecule has 1 saturated heterocycles. The van der Waals surface area contributed by atoms with Crippen LogP contribution in [0.15, 0.2) is 0 Å². The quantitative estimate of drug-likeness (QED) is 0.889. The summed E-state index contributed by atoms with van der Waals surface area (Å²) in [6, 6.07) is 0.301. The van der Waals surface area contributed by atoms with Crippen molar-refractivity contribution in [2.75, 3.05) is 13.1 Å². The van der Waals surface area contributed by atoms with Crippen LogP contribution in [-0.4, -0.2) is 38.8 Å². The molecule has 2 unspecified atom stereocenters. The fourth-order valence-electron chi connectivity index (χ4n) is 3.35. The van der Waals surface area contributed by atoms with Gasteiger partial charge in [0.2, 0.25) is 0 Å². The molecule has 19 heavy (non-hydrogen) atoms. The smallest absolute Gasteiger partial charge is 0.147 e. The number of piperidine rings is 1. The van der Waals surface area contributed by atoms with E-state index in [0.29, 0.717) is 12.0 Å². The van der Waals surface area contributed by atoms with Crippen LogP contribution in [-0.2, 0) is 19.5 Å². The zero-order valence-corrected chi connectivity index (χ0v) is 11.9. The van der Waals surface area contributed by atoms with Crippen LogP contribution >= 0.6 is 0 Å². The third-order valence-electron chi connectivity index (χ3n) is 4.59. The Bertz CT molecular complexity index is 425. The van der Waals surface area contributed by atoms with Crippen LogP contribution in [0, 0.1) is 5.92 Å². The Morgan fingerprint density at radius 1 is 1.26 bits per heavy atom. The number of rotatable bonds is 3. The summed E-state index contributed by atoms with van der Waals surface area (Å²) in [5, 5.41) is 8.74. The maximum atomic E-state index is 6.05. The first kappa shape index (κ1) is 13.1. The number of aromatic nitrogens is 3. The molecule has 106 valence electrons. The van der Waals surface area contributed by atoms with E-state index in [4.69, 9.17) is 5.73 Å². The van der Waals surface area contributed by atoms with E-state index in [-0.39, 0.29) is 0 Å². The lowest BCUT2D eigenvalue weighted by Crippen LogP contribution is -2.42. The molecule has 2 N–H and O–H groups in total. The molecule has 0 aliphatic carbocycles. The highest BCUT2D eigenvalue weighted by Gasteiger charge is 2.24. The molecule has 2 aliphatic rings. The van der Waals surface area contributed by atoms with E-state index in [1.165, 1.54) is 38.1 Å². The molecule has 2 aliphatic heterocycles. The average molecular weight is 263 g/mol. The molecular formula is C14H25N5. The van der Waals surface area contributed by atoms with Gasteiger partial charge in [0.1, 0.15) is 11.6 Å². The summed E-state index contributed by atoms with van der Waals surface area (Å²) in [4.78, 5) is 2.50. The van der Waals surface area contributed by atoms with E-state index in [0.717, 1.165) is 31.9 Å². The van der Waals surface area contributed by atoms with E-state index in [1.807, 2.05) is 0 Å². The van der Waals surface area contributed by atoms with Gasteiger partial charge >= 0.3 is 0 Å². The van der Waals surface area contributed by atoms with Gasteiger partial charge in [0.25, 0.3) is 0 Å². The van der Waals surface area contributed by atoms with Crippen LogP contribution in [0.5, 0.6) is 0 Å². The molecule has 0 amide bonds. The predicted molar refractivity (Wildman–Crippen MR) is 74.6 cm³/mol. The van der Waals surface area contributed by atoms with Crippen LogP contribution < -0.4 is 5.73 Å². The second-order valence-corrected chi connectivity index (χ2v) is 6.14. The molecule has 3 rings (SSSR count). The van der Waals surface area contributed by atoms with Crippen LogP contribution in [0.3, 0.4) is 0 Å². The largest absolute Gasteiger partial charge is 0.328 e. The molecule has 0 bridgehead atoms. The third-order valence-corrected chi connectivity index (χ3v) is 4.59. The summed E-state index contributed by atoms with van der Waals surface area (Å²) >= 11 is 0. The summed E-state index contributed by atoms with van der Waals surface area (Å²) in [5.74, 6) is 2.97. The minimum absolute atomic E-state index is 0.301. The van der Waals surface area contributed by atoms with Gasteiger partial charge < -0.3 is 10.3 Å². The molecule has 5 heteroatoms. The summed E-state index contributed by atoms with van der Waals surface area (Å²) in [5.41, 5.74) is 6.05. The summed E-state index contributed by atoms with van der Waals surface area (Å²) in [6.45, 7) is 6.46. The van der Waals surface area contributed by atoms with Crippen molar-refractivity contribution >= 4 is 0 Å². The minimum atomic E-state index is 0.301. The van der Waals surface area contributed by atoms with Gasteiger partial charge in [-0.25, -0.2) is 0 Å². The fourth-order valence-corrected chi connectivity index (χ4v) is 3.35. The Hall–Kier alpha value is -0.940. The Labute approximate surface area is 115 Å². The van der Waals surface area contributed by atoms with Crippen molar-refractivity contribution in [3.63, 3.8) is 0 Å². The van der Waals surface area contributed by atoms with Gasteiger partial charge in [0.05, 0.1) is 6.54 Å². The van der Waals surface area contributed by atoms with E-state index >= 15 is 0 Å². The molecular weight excluding hydrogens is 238 g/mol. The summed E-state index contributed by atoms with van der Waals surface area (Å²) < 4.78 is 2.33. The summed E-state index contributed by atoms with van der Waals surface area (Å²) in [7, 11) is 0. The maximum Gasteiger partial charge on any atom is 0.147 e. The van der Waals surface area contributed by atoms with Gasteiger partial charge in [-0.1, -0.05) is 0 Å². The molecule has 0 radical (unpaired) electrons. The third kappa shape index (κ3) is 2.82. The first-order valence-corrected chi connectivity index (χ1v) is 7.63. The molecule has 5 nitrogen and oxygen atoms in total. The second-order valence-electron chi connectivity index (χ2n) is 6.14. The van der Waals surface area contributed by atoms with Crippen molar-refractivity contribution < 1.29 is 0 Å². The van der Waals surface area contributed by atoms with Crippen molar-refractivity contribution in [3.05, 3.63) is 11.6 Å². The topological polar surface area (TPSA) is 60.0 Å². The van der Waals surface area contributed by atoms with Crippen molar-refractivity contribution in [2.45, 2.75) is 58.2 Å². The first-order chi connectivity index (χ1) is 9.24. The summed E-state index contributed by atoms with van der Waals surface area (Å²) in [6.07, 6.45) is 6.14. The second kappa shape index (κ2) is 5.59. The Morgan fingerprint density at radius 3 is 3.00 bits per heavy atom. The number of aryl methyl sites for hydroxylation is 1. The Balaban J connectivity index is 1.66. The van der Waals surface area contributed by atoms with E-state index in [9.17, 15) is 0 Å². The SMILES string of the molecule is CC(N)C1CCCN(Cc2nnc3n2CCCC3)C1. The maximum absolute atomic E-state index is 6.05. The van der Waals surface area contributed by atoms with Gasteiger partial charge in [-0.05, 0) is 45.1 Å². The molecule has 1 aromatic rings. The van der Waals surface area contributed by atoms with Crippen molar-refractivity contribution in [1.29, 1.82) is 0 Å². The molecule has 1 fully saturated rings. The van der Waals surface area contributed by atoms with Crippen molar-refractivity contribution in [1.82, 2.24) is 19.7 Å². The normalized spacial score (nSPS) is 26.1. The van der Waals surface area contributed by atoms with E-state index in [2.05, 4.69) is 26.6 Å². The number of hydrogen-bond acceptors (Lipinski definition) is 4. The Kier molecular flexibility index (Phi) is 3.84. The van der Waals surface area contributed by atoms with Crippen molar-refractivity contribution in [2.24, 2.45) is 11.7 Å². The minimum Gasteiger partial charge on any atom is -0.328 e. The molecule has 0 spiro atoms. The van der Waals surface area contributed by atoms with Gasteiger partial charge in [-0.2, -0.15) is 0 Å². The number of likely N-dealkylation sites (tertiary alicyclic amines) is 1. The molecule has 0 saturated carbocycles. The predicted octanol–water partition coefficient (Wildman–Crippen LogP) is 1.17. The van der Waals surface area contributed by atoms with E-state index < -0.39 is 0 Å². The van der Waals surface area contributed by atoms with Crippen LogP contribution in [0.25, 0.3) is 0 Å². The highest BCUT2D eigenvalue weighted by molar-refractivity contribution is 4.99. The lowest BCUT2D eigenvalue weighted by molar-refractivity contribution is 0.149. The molecule has 1 aromatic heterocycles. The van der Waals surface area contributed by atoms with Gasteiger partial charge in [0.15, 0.2) is 0 Å². The van der Waals surface area contributed by atoms with Crippen LogP contribution in [0.4, 0.5) is 0 Å². The number of nitrogens with two attached hydrogens (primary N) is 1. The Morgan fingerprint density at radius 2 is 2.16 bits per heavy atom. The number of nitrogens with zero attached hydrogens (tertiary/aromatic N) is 4. The highest BCUT2D eigenvalue weighted by Crippen LogP contribution is 2.21. The average Bonchev–Trinajstić information content (AvgIpc) is 2.83. The van der Waals surface area contributed by atoms with Gasteiger partial charge in [-0.3, -0.25) is 4.90 Å². The highest BCUT2D eigenvalue weighted by atomic mass is 15.3. The van der Waals surface area contributed by atoms with Gasteiger partial charge in [0, 0.05) is 25.6 Å². The molecule has 0 aromatic carbocycles. The standard InChI is InChI=1S/C14H25N5/c1-11(15)12-5-4-7-18(9-12)10-14-17-16-13-6-2-3-8-19(13)14/h11-12H,2-10,15H2,1H3. The zero-order chi connectivity index (χ0) is 13.2. The lowest BCUT2D eigenvalue weighted by atomic mass is 9.92. The number of hydrogen-bond donors (Lipinski definition) is 1.